The summed E-state index contributed by atoms with van der Waals surface area (Å²) in [6, 6.07) is 13.8. The van der Waals surface area contributed by atoms with Gasteiger partial charge in [-0.15, -0.1) is 0 Å². The number of aromatic nitrogens is 2. The minimum Gasteiger partial charge on any atom is -0.392 e. The molecular formula is C18H17N3O3. The van der Waals surface area contributed by atoms with Crippen LogP contribution in [-0.4, -0.2) is 33.2 Å². The lowest BCUT2D eigenvalue weighted by Crippen LogP contribution is -2.30. The number of hydrogen-bond acceptors (Lipinski definition) is 4. The molecule has 0 radical (unpaired) electrons. The summed E-state index contributed by atoms with van der Waals surface area (Å²) in [5, 5.41) is 12.4. The minimum absolute atomic E-state index is 0.160. The fraction of sp³-hybridized carbons (Fsp3) is 0.167. The van der Waals surface area contributed by atoms with Gasteiger partial charge in [0.1, 0.15) is 6.33 Å². The zero-order chi connectivity index (χ0) is 17.1. The second kappa shape index (κ2) is 6.64. The molecule has 1 aromatic heterocycles. The first-order chi connectivity index (χ1) is 11.6. The summed E-state index contributed by atoms with van der Waals surface area (Å²) >= 11 is 0. The molecule has 6 heteroatoms. The van der Waals surface area contributed by atoms with Crippen molar-refractivity contribution in [2.24, 2.45) is 0 Å². The fourth-order valence-corrected chi connectivity index (χ4v) is 2.37. The minimum atomic E-state index is -0.601. The number of rotatable bonds is 4. The third-order valence-electron chi connectivity index (χ3n) is 3.63. The molecule has 122 valence electrons. The second-order valence-electron chi connectivity index (χ2n) is 5.54. The first-order valence-corrected chi connectivity index (χ1v) is 7.59. The van der Waals surface area contributed by atoms with Crippen LogP contribution in [0.25, 0.3) is 16.6 Å². The molecule has 1 unspecified atom stereocenters. The van der Waals surface area contributed by atoms with Gasteiger partial charge in [0.2, 0.25) is 0 Å². The number of benzene rings is 2. The van der Waals surface area contributed by atoms with Crippen LogP contribution in [0.5, 0.6) is 0 Å². The molecule has 0 fully saturated rings. The monoisotopic (exact) mass is 323 g/mol. The van der Waals surface area contributed by atoms with Crippen LogP contribution in [0.1, 0.15) is 17.3 Å². The summed E-state index contributed by atoms with van der Waals surface area (Å²) < 4.78 is 1.44. The molecule has 2 N–H and O–H groups in total. The van der Waals surface area contributed by atoms with Crippen molar-refractivity contribution in [1.82, 2.24) is 14.9 Å². The summed E-state index contributed by atoms with van der Waals surface area (Å²) in [5.41, 5.74) is 1.58. The number of amides is 1. The van der Waals surface area contributed by atoms with E-state index in [9.17, 15) is 14.7 Å². The molecule has 0 saturated carbocycles. The molecule has 0 aliphatic rings. The zero-order valence-electron chi connectivity index (χ0n) is 13.1. The average Bonchev–Trinajstić information content (AvgIpc) is 2.60. The zero-order valence-corrected chi connectivity index (χ0v) is 13.1. The van der Waals surface area contributed by atoms with Crippen LogP contribution in [0.3, 0.4) is 0 Å². The highest BCUT2D eigenvalue weighted by atomic mass is 16.3. The number of para-hydroxylation sites is 1. The van der Waals surface area contributed by atoms with E-state index in [1.165, 1.54) is 10.9 Å². The summed E-state index contributed by atoms with van der Waals surface area (Å²) in [5.74, 6) is -0.272. The van der Waals surface area contributed by atoms with Gasteiger partial charge in [0.15, 0.2) is 0 Å². The van der Waals surface area contributed by atoms with E-state index in [1.54, 1.807) is 49.4 Å². The van der Waals surface area contributed by atoms with Gasteiger partial charge in [0.05, 0.1) is 22.7 Å². The van der Waals surface area contributed by atoms with E-state index in [0.717, 1.165) is 0 Å². The standard InChI is InChI=1S/C18H17N3O3/c1-12(22)10-19-17(23)13-6-8-14(9-7-13)21-11-20-16-5-3-2-4-15(16)18(21)24/h2-9,11-12,22H,10H2,1H3,(H,19,23). The molecule has 0 bridgehead atoms. The Morgan fingerprint density at radius 3 is 2.62 bits per heavy atom. The van der Waals surface area contributed by atoms with Crippen LogP contribution in [0.2, 0.25) is 0 Å². The van der Waals surface area contributed by atoms with Crippen LogP contribution in [0, 0.1) is 0 Å². The van der Waals surface area contributed by atoms with E-state index in [-0.39, 0.29) is 18.0 Å². The van der Waals surface area contributed by atoms with Crippen LogP contribution >= 0.6 is 0 Å². The van der Waals surface area contributed by atoms with Crippen LogP contribution < -0.4 is 10.9 Å². The molecule has 6 nitrogen and oxygen atoms in total. The molecule has 1 atom stereocenters. The van der Waals surface area contributed by atoms with Crippen LogP contribution in [0.15, 0.2) is 59.7 Å². The predicted molar refractivity (Wildman–Crippen MR) is 91.4 cm³/mol. The van der Waals surface area contributed by atoms with E-state index in [4.69, 9.17) is 0 Å². The summed E-state index contributed by atoms with van der Waals surface area (Å²) in [7, 11) is 0. The second-order valence-corrected chi connectivity index (χ2v) is 5.54. The Hall–Kier alpha value is -2.99. The van der Waals surface area contributed by atoms with Gasteiger partial charge >= 0.3 is 0 Å². The smallest absolute Gasteiger partial charge is 0.265 e. The quantitative estimate of drug-likeness (QED) is 0.762. The highest BCUT2D eigenvalue weighted by Crippen LogP contribution is 2.11. The summed E-state index contributed by atoms with van der Waals surface area (Å²) in [6.07, 6.45) is 0.878. The molecular weight excluding hydrogens is 306 g/mol. The van der Waals surface area contributed by atoms with Crippen molar-refractivity contribution in [2.45, 2.75) is 13.0 Å². The molecule has 0 spiro atoms. The van der Waals surface area contributed by atoms with Crippen molar-refractivity contribution in [2.75, 3.05) is 6.54 Å². The Labute approximate surface area is 138 Å². The van der Waals surface area contributed by atoms with Crippen molar-refractivity contribution in [1.29, 1.82) is 0 Å². The Kier molecular flexibility index (Phi) is 4.39. The first kappa shape index (κ1) is 15.9. The van der Waals surface area contributed by atoms with Gasteiger partial charge < -0.3 is 10.4 Å². The molecule has 1 heterocycles. The summed E-state index contributed by atoms with van der Waals surface area (Å²) in [4.78, 5) is 28.8. The number of carbonyl (C=O) groups excluding carboxylic acids is 1. The SMILES string of the molecule is CC(O)CNC(=O)c1ccc(-n2cnc3ccccc3c2=O)cc1. The van der Waals surface area contributed by atoms with Crippen molar-refractivity contribution in [3.05, 3.63) is 70.8 Å². The predicted octanol–water partition coefficient (Wildman–Crippen LogP) is 1.50. The van der Waals surface area contributed by atoms with E-state index in [1.807, 2.05) is 6.07 Å². The lowest BCUT2D eigenvalue weighted by molar-refractivity contribution is 0.0924. The Balaban J connectivity index is 1.90. The molecule has 3 rings (SSSR count). The third-order valence-corrected chi connectivity index (χ3v) is 3.63. The highest BCUT2D eigenvalue weighted by Gasteiger charge is 2.08. The molecule has 24 heavy (non-hydrogen) atoms. The van der Waals surface area contributed by atoms with Crippen molar-refractivity contribution >= 4 is 16.8 Å². The Morgan fingerprint density at radius 1 is 1.21 bits per heavy atom. The first-order valence-electron chi connectivity index (χ1n) is 7.59. The summed E-state index contributed by atoms with van der Waals surface area (Å²) in [6.45, 7) is 1.79. The number of aliphatic hydroxyl groups is 1. The molecule has 0 aliphatic carbocycles. The number of hydrogen-bond donors (Lipinski definition) is 2. The van der Waals surface area contributed by atoms with Crippen molar-refractivity contribution < 1.29 is 9.90 Å². The number of fused-ring (bicyclic) bond motifs is 1. The highest BCUT2D eigenvalue weighted by molar-refractivity contribution is 5.94. The van der Waals surface area contributed by atoms with Gasteiger partial charge in [0.25, 0.3) is 11.5 Å². The molecule has 0 aliphatic heterocycles. The van der Waals surface area contributed by atoms with Crippen molar-refractivity contribution in [3.63, 3.8) is 0 Å². The maximum absolute atomic E-state index is 12.5. The number of aliphatic hydroxyl groups excluding tert-OH is 1. The van der Waals surface area contributed by atoms with E-state index in [0.29, 0.717) is 22.2 Å². The number of carbonyl (C=O) groups is 1. The number of nitrogens with zero attached hydrogens (tertiary/aromatic N) is 2. The third kappa shape index (κ3) is 3.18. The normalized spacial score (nSPS) is 12.1. The van der Waals surface area contributed by atoms with E-state index >= 15 is 0 Å². The lowest BCUT2D eigenvalue weighted by Gasteiger charge is -2.09. The Morgan fingerprint density at radius 2 is 1.92 bits per heavy atom. The van der Waals surface area contributed by atoms with E-state index in [2.05, 4.69) is 10.3 Å². The van der Waals surface area contributed by atoms with Gasteiger partial charge in [-0.3, -0.25) is 14.2 Å². The fourth-order valence-electron chi connectivity index (χ4n) is 2.37. The van der Waals surface area contributed by atoms with Gasteiger partial charge in [-0.2, -0.15) is 0 Å². The largest absolute Gasteiger partial charge is 0.392 e. The lowest BCUT2D eigenvalue weighted by atomic mass is 10.2. The molecule has 2 aromatic carbocycles. The van der Waals surface area contributed by atoms with Crippen molar-refractivity contribution in [3.8, 4) is 5.69 Å². The average molecular weight is 323 g/mol. The topological polar surface area (TPSA) is 84.2 Å². The van der Waals surface area contributed by atoms with E-state index < -0.39 is 6.10 Å². The maximum Gasteiger partial charge on any atom is 0.265 e. The molecule has 3 aromatic rings. The molecule has 0 saturated heterocycles. The van der Waals surface area contributed by atoms with Gasteiger partial charge in [-0.05, 0) is 43.3 Å². The number of nitrogens with one attached hydrogen (secondary N) is 1. The van der Waals surface area contributed by atoms with Gasteiger partial charge in [-0.1, -0.05) is 12.1 Å². The van der Waals surface area contributed by atoms with Gasteiger partial charge in [0, 0.05) is 12.1 Å². The Bertz CT molecular complexity index is 930. The van der Waals surface area contributed by atoms with Crippen LogP contribution in [0.4, 0.5) is 0 Å². The van der Waals surface area contributed by atoms with Gasteiger partial charge in [-0.25, -0.2) is 4.98 Å². The maximum atomic E-state index is 12.5. The van der Waals surface area contributed by atoms with Crippen LogP contribution in [-0.2, 0) is 0 Å². The molecule has 1 amide bonds.